The summed E-state index contributed by atoms with van der Waals surface area (Å²) in [4.78, 5) is 14.8. The second-order valence-corrected chi connectivity index (χ2v) is 4.87. The van der Waals surface area contributed by atoms with Crippen molar-refractivity contribution < 1.29 is 0 Å². The summed E-state index contributed by atoms with van der Waals surface area (Å²) in [7, 11) is 0. The van der Waals surface area contributed by atoms with Crippen molar-refractivity contribution in [1.82, 2.24) is 4.98 Å². The van der Waals surface area contributed by atoms with Crippen molar-refractivity contribution >= 4 is 26.7 Å². The van der Waals surface area contributed by atoms with Gasteiger partial charge in [0, 0.05) is 15.6 Å². The van der Waals surface area contributed by atoms with E-state index in [9.17, 15) is 4.79 Å². The topological polar surface area (TPSA) is 32.9 Å². The molecule has 0 amide bonds. The lowest BCUT2D eigenvalue weighted by molar-refractivity contribution is 0.898. The van der Waals surface area contributed by atoms with Crippen LogP contribution in [0.2, 0.25) is 0 Å². The fraction of sp³-hybridized carbons (Fsp3) is 0.250. The highest BCUT2D eigenvalue weighted by molar-refractivity contribution is 9.10. The van der Waals surface area contributed by atoms with Crippen LogP contribution >= 0.6 is 15.9 Å². The van der Waals surface area contributed by atoms with Crippen LogP contribution in [0.15, 0.2) is 27.5 Å². The second kappa shape index (κ2) is 3.20. The van der Waals surface area contributed by atoms with E-state index in [4.69, 9.17) is 0 Å². The summed E-state index contributed by atoms with van der Waals surface area (Å²) in [6.45, 7) is 0. The third-order valence-corrected chi connectivity index (χ3v) is 3.53. The van der Waals surface area contributed by atoms with Crippen molar-refractivity contribution in [2.75, 3.05) is 0 Å². The molecule has 0 saturated carbocycles. The highest BCUT2D eigenvalue weighted by atomic mass is 79.9. The molecule has 1 aromatic heterocycles. The molecule has 15 heavy (non-hydrogen) atoms. The van der Waals surface area contributed by atoms with Crippen molar-refractivity contribution in [3.05, 3.63) is 44.3 Å². The van der Waals surface area contributed by atoms with Crippen LogP contribution in [0.3, 0.4) is 0 Å². The number of hydrogen-bond acceptors (Lipinski definition) is 1. The van der Waals surface area contributed by atoms with Gasteiger partial charge in [-0.25, -0.2) is 0 Å². The average Bonchev–Trinajstić information content (AvgIpc) is 2.65. The van der Waals surface area contributed by atoms with Gasteiger partial charge in [0.1, 0.15) is 0 Å². The smallest absolute Gasteiger partial charge is 0.256 e. The van der Waals surface area contributed by atoms with E-state index in [1.54, 1.807) is 0 Å². The molecule has 2 aromatic rings. The van der Waals surface area contributed by atoms with Gasteiger partial charge in [0.05, 0.1) is 0 Å². The fourth-order valence-corrected chi connectivity index (χ4v) is 2.71. The molecule has 3 heteroatoms. The van der Waals surface area contributed by atoms with E-state index in [0.29, 0.717) is 0 Å². The first kappa shape index (κ1) is 9.16. The first-order valence-electron chi connectivity index (χ1n) is 5.09. The maximum atomic E-state index is 11.8. The zero-order valence-corrected chi connectivity index (χ0v) is 9.73. The van der Waals surface area contributed by atoms with Gasteiger partial charge in [-0.1, -0.05) is 15.9 Å². The lowest BCUT2D eigenvalue weighted by Crippen LogP contribution is -2.09. The summed E-state index contributed by atoms with van der Waals surface area (Å²) >= 11 is 3.45. The molecule has 0 bridgehead atoms. The van der Waals surface area contributed by atoms with E-state index in [-0.39, 0.29) is 5.56 Å². The Bertz CT molecular complexity index is 600. The third kappa shape index (κ3) is 1.34. The van der Waals surface area contributed by atoms with Gasteiger partial charge in [0.2, 0.25) is 0 Å². The molecule has 2 nitrogen and oxygen atoms in total. The highest BCUT2D eigenvalue weighted by Gasteiger charge is 2.16. The zero-order valence-electron chi connectivity index (χ0n) is 8.14. The van der Waals surface area contributed by atoms with Crippen LogP contribution in [-0.4, -0.2) is 4.98 Å². The predicted octanol–water partition coefficient (Wildman–Crippen LogP) is 2.78. The minimum atomic E-state index is 0.0400. The molecule has 3 rings (SSSR count). The van der Waals surface area contributed by atoms with E-state index < -0.39 is 0 Å². The Labute approximate surface area is 95.5 Å². The number of pyridine rings is 1. The molecule has 1 aliphatic carbocycles. The number of aromatic nitrogens is 1. The molecule has 0 saturated heterocycles. The molecule has 0 spiro atoms. The summed E-state index contributed by atoms with van der Waals surface area (Å²) in [6.07, 6.45) is 3.24. The van der Waals surface area contributed by atoms with Gasteiger partial charge < -0.3 is 4.98 Å². The zero-order chi connectivity index (χ0) is 10.4. The Morgan fingerprint density at radius 2 is 2.07 bits per heavy atom. The SMILES string of the molecule is O=c1[nH]c2c(c3cc(Br)ccc13)CCC2. The molecule has 76 valence electrons. The summed E-state index contributed by atoms with van der Waals surface area (Å²) in [5, 5.41) is 1.92. The summed E-state index contributed by atoms with van der Waals surface area (Å²) in [5.74, 6) is 0. The molecular formula is C12H10BrNO. The van der Waals surface area contributed by atoms with E-state index >= 15 is 0 Å². The lowest BCUT2D eigenvalue weighted by atomic mass is 10.1. The van der Waals surface area contributed by atoms with Gasteiger partial charge in [-0.3, -0.25) is 4.79 Å². The quantitative estimate of drug-likeness (QED) is 0.779. The van der Waals surface area contributed by atoms with Crippen molar-refractivity contribution in [1.29, 1.82) is 0 Å². The normalized spacial score (nSPS) is 14.5. The van der Waals surface area contributed by atoms with Crippen LogP contribution in [0, 0.1) is 0 Å². The number of halogens is 1. The largest absolute Gasteiger partial charge is 0.325 e. The Balaban J connectivity index is 2.51. The standard InChI is InChI=1S/C12H10BrNO/c13-7-4-5-9-10(6-7)8-2-1-3-11(8)14-12(9)15/h4-6H,1-3H2,(H,14,15). The Morgan fingerprint density at radius 3 is 2.93 bits per heavy atom. The Kier molecular flexibility index (Phi) is 1.96. The number of aromatic amines is 1. The van der Waals surface area contributed by atoms with Gasteiger partial charge in [-0.15, -0.1) is 0 Å². The van der Waals surface area contributed by atoms with Gasteiger partial charge in [-0.2, -0.15) is 0 Å². The van der Waals surface area contributed by atoms with Crippen molar-refractivity contribution in [3.8, 4) is 0 Å². The first-order chi connectivity index (χ1) is 7.25. The number of rotatable bonds is 0. The summed E-state index contributed by atoms with van der Waals surface area (Å²) in [5.41, 5.74) is 2.50. The number of benzene rings is 1. The van der Waals surface area contributed by atoms with Crippen molar-refractivity contribution in [3.63, 3.8) is 0 Å². The number of H-pyrrole nitrogens is 1. The maximum Gasteiger partial charge on any atom is 0.256 e. The van der Waals surface area contributed by atoms with E-state index in [1.807, 2.05) is 12.1 Å². The fourth-order valence-electron chi connectivity index (χ4n) is 2.35. The molecule has 0 fully saturated rings. The Morgan fingerprint density at radius 1 is 1.20 bits per heavy atom. The minimum Gasteiger partial charge on any atom is -0.325 e. The van der Waals surface area contributed by atoms with Gasteiger partial charge in [0.25, 0.3) is 5.56 Å². The lowest BCUT2D eigenvalue weighted by Gasteiger charge is -2.05. The predicted molar refractivity (Wildman–Crippen MR) is 64.3 cm³/mol. The molecule has 1 aliphatic rings. The molecule has 0 aliphatic heterocycles. The molecular weight excluding hydrogens is 254 g/mol. The van der Waals surface area contributed by atoms with E-state index in [0.717, 1.165) is 40.2 Å². The molecule has 1 aromatic carbocycles. The average molecular weight is 264 g/mol. The molecule has 1 heterocycles. The number of nitrogens with one attached hydrogen (secondary N) is 1. The van der Waals surface area contributed by atoms with Crippen LogP contribution in [0.5, 0.6) is 0 Å². The maximum absolute atomic E-state index is 11.8. The van der Waals surface area contributed by atoms with Gasteiger partial charge in [-0.05, 0) is 48.4 Å². The van der Waals surface area contributed by atoms with Crippen LogP contribution < -0.4 is 5.56 Å². The van der Waals surface area contributed by atoms with E-state index in [2.05, 4.69) is 27.0 Å². The Hall–Kier alpha value is -1.09. The number of hydrogen-bond donors (Lipinski definition) is 1. The minimum absolute atomic E-state index is 0.0400. The van der Waals surface area contributed by atoms with Crippen molar-refractivity contribution in [2.24, 2.45) is 0 Å². The summed E-state index contributed by atoms with van der Waals surface area (Å²) < 4.78 is 1.04. The number of aryl methyl sites for hydroxylation is 2. The van der Waals surface area contributed by atoms with Crippen LogP contribution in [0.4, 0.5) is 0 Å². The monoisotopic (exact) mass is 263 g/mol. The second-order valence-electron chi connectivity index (χ2n) is 3.95. The van der Waals surface area contributed by atoms with Gasteiger partial charge in [0.15, 0.2) is 0 Å². The van der Waals surface area contributed by atoms with Gasteiger partial charge >= 0.3 is 0 Å². The third-order valence-electron chi connectivity index (χ3n) is 3.03. The van der Waals surface area contributed by atoms with Crippen LogP contribution in [0.1, 0.15) is 17.7 Å². The molecule has 0 atom stereocenters. The van der Waals surface area contributed by atoms with Crippen molar-refractivity contribution in [2.45, 2.75) is 19.3 Å². The highest BCUT2D eigenvalue weighted by Crippen LogP contribution is 2.28. The summed E-state index contributed by atoms with van der Waals surface area (Å²) in [6, 6.07) is 5.85. The molecule has 0 unspecified atom stereocenters. The van der Waals surface area contributed by atoms with E-state index in [1.165, 1.54) is 5.56 Å². The van der Waals surface area contributed by atoms with Crippen LogP contribution in [0.25, 0.3) is 10.8 Å². The van der Waals surface area contributed by atoms with Crippen LogP contribution in [-0.2, 0) is 12.8 Å². The molecule has 0 radical (unpaired) electrons. The number of fused-ring (bicyclic) bond motifs is 3. The first-order valence-corrected chi connectivity index (χ1v) is 5.88. The molecule has 1 N–H and O–H groups in total.